The quantitative estimate of drug-likeness (QED) is 0.888. The van der Waals surface area contributed by atoms with Crippen LogP contribution in [0, 0.1) is 0 Å². The smallest absolute Gasteiger partial charge is 0.307 e. The first-order valence-corrected chi connectivity index (χ1v) is 6.93. The number of hydrogen-bond acceptors (Lipinski definition) is 2. The molecule has 0 amide bonds. The number of carboxylic acid groups (broad SMARTS) is 1. The lowest BCUT2D eigenvalue weighted by atomic mass is 9.89. The molecule has 1 fully saturated rings. The molecule has 0 saturated heterocycles. The molecular weight excluding hydrogens is 240 g/mol. The molecule has 2 aromatic rings. The summed E-state index contributed by atoms with van der Waals surface area (Å²) in [5.41, 5.74) is 2.72. The number of nitrogens with zero attached hydrogens (tertiary/aromatic N) is 1. The van der Waals surface area contributed by atoms with Crippen molar-refractivity contribution in [3.05, 3.63) is 29.6 Å². The minimum absolute atomic E-state index is 0.0632. The molecule has 0 spiro atoms. The number of carbonyl (C=O) groups is 1. The van der Waals surface area contributed by atoms with Gasteiger partial charge in [0.05, 0.1) is 17.5 Å². The van der Waals surface area contributed by atoms with E-state index in [1.54, 1.807) is 0 Å². The molecule has 4 heteroatoms. The fourth-order valence-corrected chi connectivity index (χ4v) is 2.93. The highest BCUT2D eigenvalue weighted by Crippen LogP contribution is 2.32. The molecule has 0 unspecified atom stereocenters. The van der Waals surface area contributed by atoms with Crippen molar-refractivity contribution in [2.45, 2.75) is 44.4 Å². The van der Waals surface area contributed by atoms with Crippen LogP contribution in [0.25, 0.3) is 11.0 Å². The van der Waals surface area contributed by atoms with Gasteiger partial charge in [0, 0.05) is 5.92 Å². The molecule has 1 saturated carbocycles. The van der Waals surface area contributed by atoms with Gasteiger partial charge in [0.25, 0.3) is 0 Å². The Morgan fingerprint density at radius 2 is 2.11 bits per heavy atom. The summed E-state index contributed by atoms with van der Waals surface area (Å²) >= 11 is 0. The van der Waals surface area contributed by atoms with Gasteiger partial charge in [0.15, 0.2) is 0 Å². The van der Waals surface area contributed by atoms with Gasteiger partial charge >= 0.3 is 5.97 Å². The van der Waals surface area contributed by atoms with Crippen molar-refractivity contribution in [1.29, 1.82) is 0 Å². The number of nitrogens with one attached hydrogen (secondary N) is 1. The third-order valence-corrected chi connectivity index (χ3v) is 3.91. The summed E-state index contributed by atoms with van der Waals surface area (Å²) in [7, 11) is 0. The molecule has 19 heavy (non-hydrogen) atoms. The standard InChI is InChI=1S/C15H18N2O2/c18-14(19)9-10-6-7-12-13(8-10)17-15(16-12)11-4-2-1-3-5-11/h6-8,11H,1-5,9H2,(H,16,17)(H,18,19). The summed E-state index contributed by atoms with van der Waals surface area (Å²) in [5, 5.41) is 8.82. The number of carboxylic acids is 1. The zero-order valence-electron chi connectivity index (χ0n) is 10.9. The molecule has 0 atom stereocenters. The number of H-pyrrole nitrogens is 1. The highest BCUT2D eigenvalue weighted by molar-refractivity contribution is 5.78. The highest BCUT2D eigenvalue weighted by atomic mass is 16.4. The number of aromatic nitrogens is 2. The number of aromatic amines is 1. The van der Waals surface area contributed by atoms with Gasteiger partial charge in [-0.1, -0.05) is 25.3 Å². The Hall–Kier alpha value is -1.84. The molecule has 1 aromatic heterocycles. The topological polar surface area (TPSA) is 66.0 Å². The van der Waals surface area contributed by atoms with Gasteiger partial charge in [-0.3, -0.25) is 4.79 Å². The maximum absolute atomic E-state index is 10.7. The van der Waals surface area contributed by atoms with Crippen LogP contribution in [0.4, 0.5) is 0 Å². The second kappa shape index (κ2) is 5.03. The molecule has 0 bridgehead atoms. The van der Waals surface area contributed by atoms with Gasteiger partial charge in [-0.25, -0.2) is 4.98 Å². The summed E-state index contributed by atoms with van der Waals surface area (Å²) in [6.07, 6.45) is 6.38. The maximum atomic E-state index is 10.7. The minimum atomic E-state index is -0.800. The van der Waals surface area contributed by atoms with Gasteiger partial charge in [-0.05, 0) is 30.5 Å². The molecular formula is C15H18N2O2. The van der Waals surface area contributed by atoms with E-state index in [0.717, 1.165) is 22.4 Å². The molecule has 3 rings (SSSR count). The monoisotopic (exact) mass is 258 g/mol. The van der Waals surface area contributed by atoms with Crippen LogP contribution in [-0.4, -0.2) is 21.0 Å². The Kier molecular flexibility index (Phi) is 3.23. The molecule has 2 N–H and O–H groups in total. The zero-order chi connectivity index (χ0) is 13.2. The lowest BCUT2D eigenvalue weighted by molar-refractivity contribution is -0.136. The van der Waals surface area contributed by atoms with Gasteiger partial charge in [0.2, 0.25) is 0 Å². The van der Waals surface area contributed by atoms with Crippen LogP contribution < -0.4 is 0 Å². The highest BCUT2D eigenvalue weighted by Gasteiger charge is 2.18. The fraction of sp³-hybridized carbons (Fsp3) is 0.467. The Bertz CT molecular complexity index is 597. The van der Waals surface area contributed by atoms with Crippen molar-refractivity contribution in [1.82, 2.24) is 9.97 Å². The Labute approximate surface area is 111 Å². The van der Waals surface area contributed by atoms with Crippen molar-refractivity contribution in [3.63, 3.8) is 0 Å². The summed E-state index contributed by atoms with van der Waals surface area (Å²) in [6.45, 7) is 0. The van der Waals surface area contributed by atoms with E-state index >= 15 is 0 Å². The number of hydrogen-bond donors (Lipinski definition) is 2. The first-order valence-electron chi connectivity index (χ1n) is 6.93. The fourth-order valence-electron chi connectivity index (χ4n) is 2.93. The van der Waals surface area contributed by atoms with Crippen LogP contribution in [0.2, 0.25) is 0 Å². The molecule has 1 aromatic carbocycles. The van der Waals surface area contributed by atoms with Crippen LogP contribution in [0.15, 0.2) is 18.2 Å². The predicted octanol–water partition coefficient (Wildman–Crippen LogP) is 3.24. The van der Waals surface area contributed by atoms with Gasteiger partial charge in [-0.15, -0.1) is 0 Å². The van der Waals surface area contributed by atoms with E-state index < -0.39 is 5.97 Å². The summed E-state index contributed by atoms with van der Waals surface area (Å²) in [4.78, 5) is 18.8. The first kappa shape index (κ1) is 12.2. The van der Waals surface area contributed by atoms with Crippen molar-refractivity contribution < 1.29 is 9.90 Å². The molecule has 100 valence electrons. The molecule has 1 heterocycles. The molecule has 0 radical (unpaired) electrons. The second-order valence-electron chi connectivity index (χ2n) is 5.38. The van der Waals surface area contributed by atoms with E-state index in [1.807, 2.05) is 18.2 Å². The lowest BCUT2D eigenvalue weighted by Gasteiger charge is -2.18. The van der Waals surface area contributed by atoms with E-state index in [2.05, 4.69) is 9.97 Å². The van der Waals surface area contributed by atoms with Crippen molar-refractivity contribution in [2.24, 2.45) is 0 Å². The van der Waals surface area contributed by atoms with E-state index in [4.69, 9.17) is 5.11 Å². The van der Waals surface area contributed by atoms with E-state index in [9.17, 15) is 4.79 Å². The SMILES string of the molecule is O=C(O)Cc1ccc2nc(C3CCCCC3)[nH]c2c1. The van der Waals surface area contributed by atoms with Gasteiger partial charge in [0.1, 0.15) is 5.82 Å². The molecule has 1 aliphatic rings. The average molecular weight is 258 g/mol. The minimum Gasteiger partial charge on any atom is -0.481 e. The summed E-state index contributed by atoms with van der Waals surface area (Å²) in [5.74, 6) is 0.817. The largest absolute Gasteiger partial charge is 0.481 e. The van der Waals surface area contributed by atoms with Crippen LogP contribution in [-0.2, 0) is 11.2 Å². The molecule has 1 aliphatic carbocycles. The summed E-state index contributed by atoms with van der Waals surface area (Å²) in [6, 6.07) is 5.67. The van der Waals surface area contributed by atoms with E-state index in [1.165, 1.54) is 32.1 Å². The molecule has 4 nitrogen and oxygen atoms in total. The number of benzene rings is 1. The Morgan fingerprint density at radius 3 is 2.84 bits per heavy atom. The molecule has 0 aliphatic heterocycles. The Balaban J connectivity index is 1.89. The van der Waals surface area contributed by atoms with Gasteiger partial charge < -0.3 is 10.1 Å². The number of imidazole rings is 1. The van der Waals surface area contributed by atoms with Crippen molar-refractivity contribution >= 4 is 17.0 Å². The van der Waals surface area contributed by atoms with Crippen LogP contribution in [0.3, 0.4) is 0 Å². The zero-order valence-corrected chi connectivity index (χ0v) is 10.9. The van der Waals surface area contributed by atoms with Crippen molar-refractivity contribution in [3.8, 4) is 0 Å². The number of aliphatic carboxylic acids is 1. The number of rotatable bonds is 3. The van der Waals surface area contributed by atoms with Gasteiger partial charge in [-0.2, -0.15) is 0 Å². The van der Waals surface area contributed by atoms with Crippen molar-refractivity contribution in [2.75, 3.05) is 0 Å². The van der Waals surface area contributed by atoms with E-state index in [0.29, 0.717) is 5.92 Å². The third-order valence-electron chi connectivity index (χ3n) is 3.91. The lowest BCUT2D eigenvalue weighted by Crippen LogP contribution is -2.05. The second-order valence-corrected chi connectivity index (χ2v) is 5.38. The Morgan fingerprint density at radius 1 is 1.32 bits per heavy atom. The van der Waals surface area contributed by atoms with Crippen LogP contribution in [0.1, 0.15) is 49.4 Å². The normalized spacial score (nSPS) is 16.8. The van der Waals surface area contributed by atoms with Crippen LogP contribution in [0.5, 0.6) is 0 Å². The predicted molar refractivity (Wildman–Crippen MR) is 73.3 cm³/mol. The summed E-state index contributed by atoms with van der Waals surface area (Å²) < 4.78 is 0. The average Bonchev–Trinajstić information content (AvgIpc) is 2.82. The van der Waals surface area contributed by atoms with Crippen LogP contribution >= 0.6 is 0 Å². The third kappa shape index (κ3) is 2.62. The number of fused-ring (bicyclic) bond motifs is 1. The first-order chi connectivity index (χ1) is 9.22. The maximum Gasteiger partial charge on any atom is 0.307 e. The van der Waals surface area contributed by atoms with E-state index in [-0.39, 0.29) is 6.42 Å².